The number of esters is 4. The molecule has 4 unspecified atom stereocenters. The van der Waals surface area contributed by atoms with E-state index in [4.69, 9.17) is 18.9 Å². The molecule has 0 aliphatic rings. The molecule has 0 saturated heterocycles. The van der Waals surface area contributed by atoms with Crippen molar-refractivity contribution in [2.45, 2.75) is 52.1 Å². The highest BCUT2D eigenvalue weighted by molar-refractivity contribution is 7.86. The number of carbonyl (C=O) groups is 4. The van der Waals surface area contributed by atoms with Crippen LogP contribution in [0.5, 0.6) is 0 Å². The minimum atomic E-state index is -4.06. The van der Waals surface area contributed by atoms with E-state index in [0.29, 0.717) is 12.5 Å². The summed E-state index contributed by atoms with van der Waals surface area (Å²) in [4.78, 5) is 46.5. The Morgan fingerprint density at radius 1 is 0.562 bits per heavy atom. The summed E-state index contributed by atoms with van der Waals surface area (Å²) in [6, 6.07) is 0. The fraction of sp³-hybridized carbons (Fsp3) is 0.750. The van der Waals surface area contributed by atoms with Crippen LogP contribution in [0.3, 0.4) is 0 Å². The average Bonchev–Trinajstić information content (AvgIpc) is 2.56. The molecule has 0 aliphatic heterocycles. The van der Waals surface area contributed by atoms with E-state index in [1.165, 1.54) is 0 Å². The number of hydrogen-bond acceptors (Lipinski definition) is 14. The zero-order valence-electron chi connectivity index (χ0n) is 18.3. The highest BCUT2D eigenvalue weighted by atomic mass is 32.2. The van der Waals surface area contributed by atoms with Crippen LogP contribution >= 0.6 is 0 Å². The van der Waals surface area contributed by atoms with Gasteiger partial charge in [-0.2, -0.15) is 16.8 Å². The van der Waals surface area contributed by atoms with E-state index in [9.17, 15) is 36.0 Å². The molecule has 0 amide bonds. The van der Waals surface area contributed by atoms with E-state index in [0.717, 1.165) is 27.7 Å². The quantitative estimate of drug-likeness (QED) is 0.162. The van der Waals surface area contributed by atoms with Gasteiger partial charge in [-0.1, -0.05) is 0 Å². The first kappa shape index (κ1) is 29.7. The van der Waals surface area contributed by atoms with Crippen molar-refractivity contribution >= 4 is 44.1 Å². The van der Waals surface area contributed by atoms with Crippen LogP contribution in [0.1, 0.15) is 27.7 Å². The Morgan fingerprint density at radius 2 is 0.812 bits per heavy atom. The molecule has 0 spiro atoms. The molecular formula is C16H26O14S2. The van der Waals surface area contributed by atoms with Gasteiger partial charge in [0.05, 0.1) is 12.5 Å². The Morgan fingerprint density at radius 3 is 1.00 bits per heavy atom. The Bertz CT molecular complexity index is 818. The van der Waals surface area contributed by atoms with E-state index < -0.39 is 81.7 Å². The van der Waals surface area contributed by atoms with E-state index in [-0.39, 0.29) is 0 Å². The van der Waals surface area contributed by atoms with Crippen LogP contribution in [0.2, 0.25) is 0 Å². The number of ether oxygens (including phenoxy) is 4. The molecule has 0 N–H and O–H groups in total. The van der Waals surface area contributed by atoms with Gasteiger partial charge in [-0.25, -0.2) is 0 Å². The van der Waals surface area contributed by atoms with Gasteiger partial charge in [0.25, 0.3) is 20.2 Å². The Labute approximate surface area is 185 Å². The third-order valence-electron chi connectivity index (χ3n) is 3.19. The van der Waals surface area contributed by atoms with Crippen LogP contribution in [0, 0.1) is 0 Å². The maximum absolute atomic E-state index is 11.7. The largest absolute Gasteiger partial charge is 0.456 e. The van der Waals surface area contributed by atoms with Crippen molar-refractivity contribution in [1.29, 1.82) is 0 Å². The van der Waals surface area contributed by atoms with Crippen molar-refractivity contribution in [3.8, 4) is 0 Å². The van der Waals surface area contributed by atoms with Crippen LogP contribution in [0.15, 0.2) is 0 Å². The van der Waals surface area contributed by atoms with Gasteiger partial charge in [-0.15, -0.1) is 0 Å². The maximum atomic E-state index is 11.7. The summed E-state index contributed by atoms with van der Waals surface area (Å²) in [5, 5.41) is 0. The minimum absolute atomic E-state index is 0.698. The fourth-order valence-corrected chi connectivity index (χ4v) is 3.05. The molecule has 14 nitrogen and oxygen atoms in total. The van der Waals surface area contributed by atoms with Crippen molar-refractivity contribution in [3.05, 3.63) is 0 Å². The second kappa shape index (κ2) is 12.7. The first-order chi connectivity index (χ1) is 14.4. The Kier molecular flexibility index (Phi) is 11.8. The molecule has 32 heavy (non-hydrogen) atoms. The van der Waals surface area contributed by atoms with Crippen LogP contribution in [0.25, 0.3) is 0 Å². The van der Waals surface area contributed by atoms with Crippen LogP contribution in [0.4, 0.5) is 0 Å². The topological polar surface area (TPSA) is 192 Å². The molecule has 0 aliphatic carbocycles. The van der Waals surface area contributed by atoms with Gasteiger partial charge in [0.1, 0.15) is 13.2 Å². The highest BCUT2D eigenvalue weighted by Gasteiger charge is 2.44. The van der Waals surface area contributed by atoms with Crippen molar-refractivity contribution in [1.82, 2.24) is 0 Å². The lowest BCUT2D eigenvalue weighted by Crippen LogP contribution is -2.54. The summed E-state index contributed by atoms with van der Waals surface area (Å²) in [5.74, 6) is -3.90. The predicted molar refractivity (Wildman–Crippen MR) is 104 cm³/mol. The van der Waals surface area contributed by atoms with Gasteiger partial charge in [0.2, 0.25) is 0 Å². The SMILES string of the molecule is CC(=O)OC(COS(C)(=O)=O)C(OC(C)=O)C(OC(C)=O)C(COS(C)(=O)=O)OC(C)=O. The third kappa shape index (κ3) is 13.9. The number of carbonyl (C=O) groups excluding carboxylic acids is 4. The summed E-state index contributed by atoms with van der Waals surface area (Å²) < 4.78 is 74.9. The summed E-state index contributed by atoms with van der Waals surface area (Å²) >= 11 is 0. The van der Waals surface area contributed by atoms with Crippen LogP contribution < -0.4 is 0 Å². The van der Waals surface area contributed by atoms with Crippen molar-refractivity contribution < 1.29 is 63.3 Å². The van der Waals surface area contributed by atoms with Gasteiger partial charge in [-0.3, -0.25) is 27.5 Å². The first-order valence-corrected chi connectivity index (χ1v) is 12.4. The molecule has 0 heterocycles. The Balaban J connectivity index is 6.41. The lowest BCUT2D eigenvalue weighted by molar-refractivity contribution is -0.202. The van der Waals surface area contributed by atoms with E-state index in [1.807, 2.05) is 0 Å². The molecule has 0 aromatic heterocycles. The molecule has 0 radical (unpaired) electrons. The zero-order valence-corrected chi connectivity index (χ0v) is 19.9. The van der Waals surface area contributed by atoms with Gasteiger partial charge in [0.15, 0.2) is 24.4 Å². The van der Waals surface area contributed by atoms with Crippen LogP contribution in [-0.4, -0.2) is 90.9 Å². The van der Waals surface area contributed by atoms with E-state index in [1.54, 1.807) is 0 Å². The summed E-state index contributed by atoms with van der Waals surface area (Å²) in [6.07, 6.45) is -5.57. The first-order valence-electron chi connectivity index (χ1n) is 8.79. The molecule has 186 valence electrons. The molecule has 16 heteroatoms. The van der Waals surface area contributed by atoms with Crippen molar-refractivity contribution in [2.75, 3.05) is 25.7 Å². The molecule has 0 saturated carbocycles. The van der Waals surface area contributed by atoms with Gasteiger partial charge < -0.3 is 18.9 Å². The predicted octanol–water partition coefficient (Wildman–Crippen LogP) is -1.33. The van der Waals surface area contributed by atoms with Crippen LogP contribution in [-0.2, 0) is 66.7 Å². The normalized spacial score (nSPS) is 15.6. The van der Waals surface area contributed by atoms with Gasteiger partial charge in [0, 0.05) is 27.7 Å². The maximum Gasteiger partial charge on any atom is 0.303 e. The second-order valence-electron chi connectivity index (χ2n) is 6.42. The van der Waals surface area contributed by atoms with Gasteiger partial charge >= 0.3 is 23.9 Å². The lowest BCUT2D eigenvalue weighted by atomic mass is 10.0. The average molecular weight is 507 g/mol. The molecule has 0 bridgehead atoms. The van der Waals surface area contributed by atoms with E-state index in [2.05, 4.69) is 8.37 Å². The summed E-state index contributed by atoms with van der Waals surface area (Å²) in [6.45, 7) is 2.02. The lowest BCUT2D eigenvalue weighted by Gasteiger charge is -2.35. The summed E-state index contributed by atoms with van der Waals surface area (Å²) in [5.41, 5.74) is 0. The molecule has 4 atom stereocenters. The monoisotopic (exact) mass is 506 g/mol. The number of rotatable bonds is 13. The minimum Gasteiger partial charge on any atom is -0.456 e. The zero-order chi connectivity index (χ0) is 25.3. The highest BCUT2D eigenvalue weighted by Crippen LogP contribution is 2.21. The molecule has 0 fully saturated rings. The van der Waals surface area contributed by atoms with Crippen molar-refractivity contribution in [3.63, 3.8) is 0 Å². The summed E-state index contributed by atoms with van der Waals surface area (Å²) in [7, 11) is -8.13. The fourth-order valence-electron chi connectivity index (χ4n) is 2.29. The van der Waals surface area contributed by atoms with E-state index >= 15 is 0 Å². The molecular weight excluding hydrogens is 480 g/mol. The second-order valence-corrected chi connectivity index (χ2v) is 9.71. The third-order valence-corrected chi connectivity index (χ3v) is 4.32. The molecule has 0 aromatic carbocycles. The molecule has 0 rings (SSSR count). The standard InChI is InChI=1S/C16H26O14S2/c1-9(17)27-13(7-25-31(5,21)22)15(29-11(3)19)16(30-12(4)20)14(28-10(2)18)8-26-32(6,23)24/h13-16H,7-8H2,1-6H3. The van der Waals surface area contributed by atoms with Crippen molar-refractivity contribution in [2.24, 2.45) is 0 Å². The number of hydrogen-bond donors (Lipinski definition) is 0. The molecule has 0 aromatic rings. The smallest absolute Gasteiger partial charge is 0.303 e. The van der Waals surface area contributed by atoms with Gasteiger partial charge in [-0.05, 0) is 0 Å². The Hall–Kier alpha value is -2.30.